The van der Waals surface area contributed by atoms with Crippen LogP contribution in [0.4, 0.5) is 14.5 Å². The van der Waals surface area contributed by atoms with Crippen molar-refractivity contribution in [2.75, 3.05) is 7.05 Å². The molecule has 224 valence electrons. The van der Waals surface area contributed by atoms with Gasteiger partial charge in [0.15, 0.2) is 0 Å². The minimum Gasteiger partial charge on any atom is -0.483 e. The molecule has 2 N–H and O–H groups in total. The summed E-state index contributed by atoms with van der Waals surface area (Å²) in [6.45, 7) is 12.8. The fraction of sp³-hybridized carbons (Fsp3) is 0.452. The number of nitrogens with one attached hydrogen (secondary N) is 1. The molecule has 0 saturated heterocycles. The maximum atomic E-state index is 12.2. The van der Waals surface area contributed by atoms with E-state index in [1.165, 1.54) is 29.5 Å². The number of hydrogen-bond acceptors (Lipinski definition) is 3. The SMILES string of the molecule is CC.CC(F)F.CCc1cc(Cl)cc(C(=O)NC)c1N=C(C)C1=CCCCC1.Cc1ccc(Cl)cc1C.O=CO. The van der Waals surface area contributed by atoms with E-state index in [9.17, 15) is 13.6 Å². The van der Waals surface area contributed by atoms with Crippen LogP contribution < -0.4 is 5.32 Å². The number of aliphatic imine (C=N–C) groups is 1. The Morgan fingerprint density at radius 3 is 2.10 bits per heavy atom. The Bertz CT molecular complexity index is 1100. The monoisotopic (exact) mass is 600 g/mol. The summed E-state index contributed by atoms with van der Waals surface area (Å²) in [5.74, 6) is -0.152. The number of carbonyl (C=O) groups excluding carboxylic acids is 1. The molecule has 0 bridgehead atoms. The number of carboxylic acid groups (broad SMARTS) is 1. The Labute approximate surface area is 248 Å². The van der Waals surface area contributed by atoms with Gasteiger partial charge in [0, 0.05) is 22.8 Å². The van der Waals surface area contributed by atoms with Gasteiger partial charge >= 0.3 is 0 Å². The summed E-state index contributed by atoms with van der Waals surface area (Å²) >= 11 is 11.9. The number of amides is 1. The van der Waals surface area contributed by atoms with Crippen LogP contribution in [-0.2, 0) is 11.2 Å². The van der Waals surface area contributed by atoms with Gasteiger partial charge in [0.05, 0.1) is 11.3 Å². The Morgan fingerprint density at radius 1 is 1.10 bits per heavy atom. The van der Waals surface area contributed by atoms with E-state index < -0.39 is 6.43 Å². The summed E-state index contributed by atoms with van der Waals surface area (Å²) in [6, 6.07) is 9.49. The number of halogens is 4. The smallest absolute Gasteiger partial charge is 0.290 e. The summed E-state index contributed by atoms with van der Waals surface area (Å²) < 4.78 is 20.7. The van der Waals surface area contributed by atoms with Crippen molar-refractivity contribution in [1.82, 2.24) is 5.32 Å². The second-order valence-electron chi connectivity index (χ2n) is 8.42. The molecule has 9 heteroatoms. The molecule has 40 heavy (non-hydrogen) atoms. The van der Waals surface area contributed by atoms with Crippen molar-refractivity contribution in [2.45, 2.75) is 87.0 Å². The molecule has 0 atom stereocenters. The molecule has 2 aromatic rings. The van der Waals surface area contributed by atoms with Gasteiger partial charge in [-0.3, -0.25) is 14.6 Å². The third-order valence-electron chi connectivity index (χ3n) is 5.51. The van der Waals surface area contributed by atoms with Crippen molar-refractivity contribution in [1.29, 1.82) is 0 Å². The molecule has 0 radical (unpaired) electrons. The predicted molar refractivity (Wildman–Crippen MR) is 166 cm³/mol. The minimum absolute atomic E-state index is 0.152. The van der Waals surface area contributed by atoms with Gasteiger partial charge in [-0.25, -0.2) is 8.78 Å². The zero-order valence-electron chi connectivity index (χ0n) is 24.9. The molecule has 2 aromatic carbocycles. The van der Waals surface area contributed by atoms with Gasteiger partial charge in [-0.05, 0) is 106 Å². The number of alkyl halides is 2. The molecule has 1 aliphatic carbocycles. The lowest BCUT2D eigenvalue weighted by Crippen LogP contribution is -2.18. The summed E-state index contributed by atoms with van der Waals surface area (Å²) in [5, 5.41) is 11.0. The summed E-state index contributed by atoms with van der Waals surface area (Å²) in [5.41, 5.74) is 7.13. The highest BCUT2D eigenvalue weighted by Crippen LogP contribution is 2.31. The molecule has 0 fully saturated rings. The molecule has 0 heterocycles. The third-order valence-corrected chi connectivity index (χ3v) is 5.96. The van der Waals surface area contributed by atoms with Crippen molar-refractivity contribution in [3.63, 3.8) is 0 Å². The van der Waals surface area contributed by atoms with Gasteiger partial charge in [0.1, 0.15) is 0 Å². The molecular formula is C31H44Cl2F2N2O3. The lowest BCUT2D eigenvalue weighted by atomic mass is 9.96. The van der Waals surface area contributed by atoms with Crippen LogP contribution in [0.15, 0.2) is 47.0 Å². The molecular weight excluding hydrogens is 557 g/mol. The number of hydrogen-bond donors (Lipinski definition) is 2. The molecule has 1 amide bonds. The molecule has 3 rings (SSSR count). The second-order valence-corrected chi connectivity index (χ2v) is 9.29. The number of nitrogens with zero attached hydrogens (tertiary/aromatic N) is 1. The zero-order valence-corrected chi connectivity index (χ0v) is 26.4. The molecule has 0 unspecified atom stereocenters. The van der Waals surface area contributed by atoms with Gasteiger partial charge in [-0.1, -0.05) is 56.1 Å². The van der Waals surface area contributed by atoms with E-state index in [1.54, 1.807) is 13.1 Å². The zero-order chi connectivity index (χ0) is 31.3. The maximum absolute atomic E-state index is 12.2. The standard InChI is InChI=1S/C18H23ClN2O.C8H9Cl.C2H4F2.C2H6.CH2O2/c1-4-13-10-15(19)11-16(18(22)20-3)17(13)21-12(2)14-8-6-5-7-9-14;1-6-3-4-8(9)5-7(6)2;1-2(3)4;1-2;2-1-3/h8,10-11H,4-7,9H2,1-3H3,(H,20,22);3-5H,1-2H3;2H,1H3;1-2H3;1H,(H,2,3). The number of aryl methyl sites for hydroxylation is 3. The summed E-state index contributed by atoms with van der Waals surface area (Å²) in [7, 11) is 1.62. The van der Waals surface area contributed by atoms with Gasteiger partial charge in [0.2, 0.25) is 6.43 Å². The van der Waals surface area contributed by atoms with E-state index >= 15 is 0 Å². The highest BCUT2D eigenvalue weighted by molar-refractivity contribution is 6.31. The first-order valence-electron chi connectivity index (χ1n) is 13.3. The average Bonchev–Trinajstić information content (AvgIpc) is 2.93. The summed E-state index contributed by atoms with van der Waals surface area (Å²) in [4.78, 5) is 25.3. The molecule has 0 aliphatic heterocycles. The molecule has 0 spiro atoms. The van der Waals surface area contributed by atoms with Crippen molar-refractivity contribution < 1.29 is 23.5 Å². The lowest BCUT2D eigenvalue weighted by Gasteiger charge is -2.15. The van der Waals surface area contributed by atoms with Crippen LogP contribution in [0.25, 0.3) is 0 Å². The first-order chi connectivity index (χ1) is 18.9. The normalized spacial score (nSPS) is 12.0. The molecule has 0 saturated carbocycles. The number of benzene rings is 2. The third kappa shape index (κ3) is 16.4. The van der Waals surface area contributed by atoms with Crippen LogP contribution in [0.2, 0.25) is 10.0 Å². The first kappa shape index (κ1) is 39.4. The molecule has 0 aromatic heterocycles. The van der Waals surface area contributed by atoms with Crippen molar-refractivity contribution >= 4 is 47.0 Å². The Hall–Kier alpha value is -2.77. The van der Waals surface area contributed by atoms with E-state index in [0.29, 0.717) is 10.6 Å². The number of carbonyl (C=O) groups is 2. The lowest BCUT2D eigenvalue weighted by molar-refractivity contribution is -0.122. The van der Waals surface area contributed by atoms with E-state index in [1.807, 2.05) is 52.0 Å². The number of rotatable bonds is 4. The van der Waals surface area contributed by atoms with Crippen LogP contribution in [-0.4, -0.2) is 36.7 Å². The summed E-state index contributed by atoms with van der Waals surface area (Å²) in [6.07, 6.45) is 5.54. The highest BCUT2D eigenvalue weighted by atomic mass is 35.5. The highest BCUT2D eigenvalue weighted by Gasteiger charge is 2.16. The van der Waals surface area contributed by atoms with Gasteiger partial charge in [-0.15, -0.1) is 0 Å². The van der Waals surface area contributed by atoms with E-state index in [4.69, 9.17) is 38.1 Å². The molecule has 1 aliphatic rings. The van der Waals surface area contributed by atoms with Crippen molar-refractivity contribution in [3.8, 4) is 0 Å². The van der Waals surface area contributed by atoms with E-state index in [2.05, 4.69) is 25.2 Å². The number of allylic oxidation sites excluding steroid dienone is 2. The average molecular weight is 602 g/mol. The quantitative estimate of drug-likeness (QED) is 0.270. The Morgan fingerprint density at radius 2 is 1.68 bits per heavy atom. The fourth-order valence-corrected chi connectivity index (χ4v) is 3.94. The topological polar surface area (TPSA) is 78.8 Å². The Kier molecular flexibility index (Phi) is 22.6. The van der Waals surface area contributed by atoms with E-state index in [0.717, 1.165) is 48.2 Å². The largest absolute Gasteiger partial charge is 0.483 e. The van der Waals surface area contributed by atoms with Crippen molar-refractivity contribution in [3.05, 3.63) is 74.3 Å². The Balaban J connectivity index is 0. The van der Waals surface area contributed by atoms with E-state index in [-0.39, 0.29) is 12.4 Å². The van der Waals surface area contributed by atoms with Crippen LogP contribution >= 0.6 is 23.2 Å². The minimum atomic E-state index is -2.17. The van der Waals surface area contributed by atoms with Crippen LogP contribution in [0.3, 0.4) is 0 Å². The second kappa shape index (κ2) is 23.0. The van der Waals surface area contributed by atoms with Crippen LogP contribution in [0.1, 0.15) is 87.4 Å². The fourth-order valence-electron chi connectivity index (χ4n) is 3.48. The van der Waals surface area contributed by atoms with Gasteiger partial charge in [-0.2, -0.15) is 0 Å². The van der Waals surface area contributed by atoms with Gasteiger partial charge < -0.3 is 10.4 Å². The van der Waals surface area contributed by atoms with Crippen LogP contribution in [0, 0.1) is 13.8 Å². The van der Waals surface area contributed by atoms with Crippen LogP contribution in [0.5, 0.6) is 0 Å². The predicted octanol–water partition coefficient (Wildman–Crippen LogP) is 9.81. The maximum Gasteiger partial charge on any atom is 0.290 e. The molecule has 5 nitrogen and oxygen atoms in total. The van der Waals surface area contributed by atoms with Gasteiger partial charge in [0.25, 0.3) is 12.4 Å². The van der Waals surface area contributed by atoms with Crippen molar-refractivity contribution in [2.24, 2.45) is 4.99 Å². The first-order valence-corrected chi connectivity index (χ1v) is 14.0.